The monoisotopic (exact) mass is 480 g/mol. The van der Waals surface area contributed by atoms with Gasteiger partial charge in [0, 0.05) is 50.6 Å². The van der Waals surface area contributed by atoms with Crippen molar-refractivity contribution >= 4 is 11.8 Å². The summed E-state index contributed by atoms with van der Waals surface area (Å²) in [6.07, 6.45) is 5.12. The molecule has 10 nitrogen and oxygen atoms in total. The maximum absolute atomic E-state index is 12.5. The number of carbonyl (C=O) groups excluding carboxylic acids is 1. The molecular weight excluding hydrogens is 448 g/mol. The van der Waals surface area contributed by atoms with E-state index in [-0.39, 0.29) is 5.43 Å². The summed E-state index contributed by atoms with van der Waals surface area (Å²) < 4.78 is 14.2. The van der Waals surface area contributed by atoms with Crippen molar-refractivity contribution in [3.63, 3.8) is 0 Å². The minimum Gasteiger partial charge on any atom is -0.448 e. The lowest BCUT2D eigenvalue weighted by atomic mass is 10.1. The molecule has 1 saturated heterocycles. The molecule has 10 heteroatoms. The van der Waals surface area contributed by atoms with E-state index in [0.29, 0.717) is 50.1 Å². The van der Waals surface area contributed by atoms with Crippen LogP contribution in [0.5, 0.6) is 0 Å². The lowest BCUT2D eigenvalue weighted by molar-refractivity contribution is 0.0290. The van der Waals surface area contributed by atoms with Crippen LogP contribution < -0.4 is 10.7 Å². The molecule has 1 N–H and O–H groups in total. The lowest BCUT2D eigenvalue weighted by Gasteiger charge is -2.26. The Balaban J connectivity index is 1.36. The molecule has 2 aromatic heterocycles. The first-order chi connectivity index (χ1) is 17.0. The predicted octanol–water partition coefficient (Wildman–Crippen LogP) is 2.56. The third-order valence-corrected chi connectivity index (χ3v) is 5.61. The smallest absolute Gasteiger partial charge is 0.411 e. The normalized spacial score (nSPS) is 14.3. The fourth-order valence-electron chi connectivity index (χ4n) is 3.86. The van der Waals surface area contributed by atoms with Crippen LogP contribution in [-0.2, 0) is 22.4 Å². The van der Waals surface area contributed by atoms with Crippen molar-refractivity contribution in [1.29, 1.82) is 0 Å². The van der Waals surface area contributed by atoms with Crippen LogP contribution in [0.1, 0.15) is 25.1 Å². The van der Waals surface area contributed by atoms with E-state index < -0.39 is 6.09 Å². The lowest BCUT2D eigenvalue weighted by Crippen LogP contribution is -2.38. The number of hydrogen-bond donors (Lipinski definition) is 1. The van der Waals surface area contributed by atoms with Gasteiger partial charge in [0.1, 0.15) is 18.0 Å². The third kappa shape index (κ3) is 7.24. The van der Waals surface area contributed by atoms with Crippen LogP contribution in [0.25, 0.3) is 5.69 Å². The standard InChI is InChI=1S/C25H32N6O4/c1-19(2)17-30-18-22(16-26-30)31-7-6-24(32)23(28-31)15-20-4-3-5-21(14-20)27-25(33)35-13-10-29-8-11-34-12-9-29/h3-7,14,16,18-19H,8-13,15,17H2,1-2H3,(H,27,33). The Morgan fingerprint density at radius 2 is 2.06 bits per heavy atom. The number of hydrogen-bond acceptors (Lipinski definition) is 7. The summed E-state index contributed by atoms with van der Waals surface area (Å²) in [6.45, 7) is 9.18. The van der Waals surface area contributed by atoms with Crippen molar-refractivity contribution in [3.8, 4) is 5.69 Å². The highest BCUT2D eigenvalue weighted by molar-refractivity contribution is 5.84. The molecule has 0 aliphatic carbocycles. The number of amides is 1. The topological polar surface area (TPSA) is 104 Å². The molecule has 0 unspecified atom stereocenters. The van der Waals surface area contributed by atoms with Gasteiger partial charge in [-0.15, -0.1) is 0 Å². The molecule has 0 atom stereocenters. The minimum absolute atomic E-state index is 0.142. The summed E-state index contributed by atoms with van der Waals surface area (Å²) in [5, 5.41) is 11.7. The van der Waals surface area contributed by atoms with Crippen molar-refractivity contribution in [2.75, 3.05) is 44.8 Å². The van der Waals surface area contributed by atoms with Crippen LogP contribution >= 0.6 is 0 Å². The fourth-order valence-corrected chi connectivity index (χ4v) is 3.86. The Hall–Kier alpha value is -3.50. The highest BCUT2D eigenvalue weighted by Gasteiger charge is 2.12. The number of nitrogens with one attached hydrogen (secondary N) is 1. The number of morpholine rings is 1. The van der Waals surface area contributed by atoms with Gasteiger partial charge in [0.25, 0.3) is 0 Å². The molecular formula is C25H32N6O4. The minimum atomic E-state index is -0.506. The molecule has 1 aliphatic heterocycles. The second-order valence-electron chi connectivity index (χ2n) is 8.98. The van der Waals surface area contributed by atoms with Crippen molar-refractivity contribution in [2.45, 2.75) is 26.8 Å². The van der Waals surface area contributed by atoms with Crippen molar-refractivity contribution in [1.82, 2.24) is 24.5 Å². The Bertz CT molecular complexity index is 1180. The van der Waals surface area contributed by atoms with Crippen molar-refractivity contribution < 1.29 is 14.3 Å². The number of ether oxygens (including phenoxy) is 2. The predicted molar refractivity (Wildman–Crippen MR) is 132 cm³/mol. The van der Waals surface area contributed by atoms with Gasteiger partial charge in [-0.3, -0.25) is 19.7 Å². The van der Waals surface area contributed by atoms with E-state index in [0.717, 1.165) is 30.9 Å². The molecule has 0 radical (unpaired) electrons. The van der Waals surface area contributed by atoms with E-state index in [4.69, 9.17) is 9.47 Å². The van der Waals surface area contributed by atoms with Gasteiger partial charge in [0.05, 0.1) is 25.6 Å². The number of anilines is 1. The SMILES string of the molecule is CC(C)Cn1cc(-n2ccc(=O)c(Cc3cccc(NC(=O)OCCN4CCOCC4)c3)n2)cn1. The van der Waals surface area contributed by atoms with Crippen LogP contribution in [0.15, 0.2) is 53.7 Å². The Morgan fingerprint density at radius 3 is 2.86 bits per heavy atom. The number of nitrogens with zero attached hydrogens (tertiary/aromatic N) is 5. The second-order valence-corrected chi connectivity index (χ2v) is 8.98. The van der Waals surface area contributed by atoms with E-state index in [2.05, 4.69) is 34.3 Å². The number of aromatic nitrogens is 4. The first-order valence-corrected chi connectivity index (χ1v) is 11.9. The summed E-state index contributed by atoms with van der Waals surface area (Å²) >= 11 is 0. The molecule has 0 spiro atoms. The van der Waals surface area contributed by atoms with Gasteiger partial charge < -0.3 is 9.47 Å². The molecule has 1 aliphatic rings. The van der Waals surface area contributed by atoms with Crippen LogP contribution in [0.2, 0.25) is 0 Å². The largest absolute Gasteiger partial charge is 0.448 e. The van der Waals surface area contributed by atoms with E-state index in [1.165, 1.54) is 6.07 Å². The first kappa shape index (κ1) is 24.6. The summed E-state index contributed by atoms with van der Waals surface area (Å²) in [7, 11) is 0. The zero-order valence-electron chi connectivity index (χ0n) is 20.2. The summed E-state index contributed by atoms with van der Waals surface area (Å²) in [5.41, 5.74) is 2.52. The average molecular weight is 481 g/mol. The van der Waals surface area contributed by atoms with Gasteiger partial charge in [0.2, 0.25) is 5.43 Å². The summed E-state index contributed by atoms with van der Waals surface area (Å²) in [4.78, 5) is 26.9. The molecule has 3 heterocycles. The number of rotatable bonds is 9. The van der Waals surface area contributed by atoms with Crippen LogP contribution in [0, 0.1) is 5.92 Å². The van der Waals surface area contributed by atoms with Gasteiger partial charge in [-0.05, 0) is 23.6 Å². The molecule has 1 aromatic carbocycles. The van der Waals surface area contributed by atoms with Crippen LogP contribution in [-0.4, -0.2) is 70.0 Å². The highest BCUT2D eigenvalue weighted by atomic mass is 16.5. The fraction of sp³-hybridized carbons (Fsp3) is 0.440. The molecule has 3 aromatic rings. The van der Waals surface area contributed by atoms with E-state index in [1.54, 1.807) is 23.1 Å². The van der Waals surface area contributed by atoms with Crippen molar-refractivity contribution in [3.05, 3.63) is 70.4 Å². The van der Waals surface area contributed by atoms with Gasteiger partial charge in [-0.2, -0.15) is 10.2 Å². The van der Waals surface area contributed by atoms with E-state index >= 15 is 0 Å². The summed E-state index contributed by atoms with van der Waals surface area (Å²) in [6, 6.07) is 8.84. The first-order valence-electron chi connectivity index (χ1n) is 11.9. The highest BCUT2D eigenvalue weighted by Crippen LogP contribution is 2.14. The quantitative estimate of drug-likeness (QED) is 0.502. The Morgan fingerprint density at radius 1 is 1.23 bits per heavy atom. The maximum Gasteiger partial charge on any atom is 0.411 e. The molecule has 0 saturated carbocycles. The van der Waals surface area contributed by atoms with Gasteiger partial charge >= 0.3 is 6.09 Å². The van der Waals surface area contributed by atoms with Gasteiger partial charge in [-0.25, -0.2) is 9.48 Å². The average Bonchev–Trinajstić information content (AvgIpc) is 3.29. The molecule has 1 amide bonds. The molecule has 0 bridgehead atoms. The summed E-state index contributed by atoms with van der Waals surface area (Å²) in [5.74, 6) is 0.475. The zero-order chi connectivity index (χ0) is 24.6. The van der Waals surface area contributed by atoms with Crippen molar-refractivity contribution in [2.24, 2.45) is 5.92 Å². The molecule has 186 valence electrons. The molecule has 4 rings (SSSR count). The van der Waals surface area contributed by atoms with Crippen LogP contribution in [0.3, 0.4) is 0 Å². The Labute approximate surface area is 204 Å². The van der Waals surface area contributed by atoms with Gasteiger partial charge in [-0.1, -0.05) is 26.0 Å². The van der Waals surface area contributed by atoms with Crippen LogP contribution in [0.4, 0.5) is 10.5 Å². The Kier molecular flexibility index (Phi) is 8.27. The van der Waals surface area contributed by atoms with Gasteiger partial charge in [0.15, 0.2) is 0 Å². The molecule has 1 fully saturated rings. The second kappa shape index (κ2) is 11.8. The number of benzene rings is 1. The zero-order valence-corrected chi connectivity index (χ0v) is 20.2. The third-order valence-electron chi connectivity index (χ3n) is 5.61. The van der Waals surface area contributed by atoms with E-state index in [9.17, 15) is 9.59 Å². The molecule has 35 heavy (non-hydrogen) atoms. The number of carbonyl (C=O) groups is 1. The van der Waals surface area contributed by atoms with E-state index in [1.807, 2.05) is 29.1 Å². The maximum atomic E-state index is 12.5.